The van der Waals surface area contributed by atoms with Crippen LogP contribution in [0.1, 0.15) is 11.1 Å². The minimum absolute atomic E-state index is 0.105. The molecule has 0 spiro atoms. The molecule has 2 aromatic heterocycles. The van der Waals surface area contributed by atoms with Crippen LogP contribution in [0.4, 0.5) is 23.1 Å². The van der Waals surface area contributed by atoms with Gasteiger partial charge in [0.25, 0.3) is 0 Å². The number of carbonyl (C=O) groups is 1. The highest BCUT2D eigenvalue weighted by Crippen LogP contribution is 2.36. The topological polar surface area (TPSA) is 80.5 Å². The average Bonchev–Trinajstić information content (AvgIpc) is 3.32. The van der Waals surface area contributed by atoms with Crippen LogP contribution in [-0.2, 0) is 11.2 Å². The highest BCUT2D eigenvalue weighted by Gasteiger charge is 2.19. The number of hydrogen-bond donors (Lipinski definition) is 1. The second-order valence-electron chi connectivity index (χ2n) is 6.93. The van der Waals surface area contributed by atoms with Crippen molar-refractivity contribution in [3.05, 3.63) is 90.6 Å². The Morgan fingerprint density at radius 3 is 2.52 bits per heavy atom. The van der Waals surface area contributed by atoms with E-state index in [0.29, 0.717) is 11.7 Å². The first-order chi connectivity index (χ1) is 15.1. The number of oxazole rings is 1. The number of amides is 1. The van der Waals surface area contributed by atoms with Crippen molar-refractivity contribution in [2.75, 3.05) is 17.3 Å². The third-order valence-corrected chi connectivity index (χ3v) is 4.79. The van der Waals surface area contributed by atoms with Crippen molar-refractivity contribution in [1.29, 1.82) is 0 Å². The minimum Gasteiger partial charge on any atom is -0.497 e. The van der Waals surface area contributed by atoms with Crippen molar-refractivity contribution < 1.29 is 13.9 Å². The second kappa shape index (κ2) is 9.13. The van der Waals surface area contributed by atoms with Crippen LogP contribution in [0.2, 0.25) is 0 Å². The summed E-state index contributed by atoms with van der Waals surface area (Å²) in [6.07, 6.45) is 6.81. The smallest absolute Gasteiger partial charge is 0.306 e. The van der Waals surface area contributed by atoms with Crippen molar-refractivity contribution in [2.45, 2.75) is 13.3 Å². The number of aromatic nitrogens is 2. The second-order valence-corrected chi connectivity index (χ2v) is 6.93. The Hall–Kier alpha value is -4.13. The highest BCUT2D eigenvalue weighted by molar-refractivity contribution is 5.93. The van der Waals surface area contributed by atoms with Gasteiger partial charge >= 0.3 is 6.01 Å². The first kappa shape index (κ1) is 20.2. The summed E-state index contributed by atoms with van der Waals surface area (Å²) in [4.78, 5) is 22.9. The van der Waals surface area contributed by atoms with Gasteiger partial charge in [-0.3, -0.25) is 14.7 Å². The first-order valence-electron chi connectivity index (χ1n) is 9.77. The lowest BCUT2D eigenvalue weighted by Gasteiger charge is -2.23. The molecule has 2 heterocycles. The lowest BCUT2D eigenvalue weighted by atomic mass is 10.1. The number of carbonyl (C=O) groups excluding carboxylic acids is 1. The molecular weight excluding hydrogens is 392 g/mol. The van der Waals surface area contributed by atoms with Gasteiger partial charge in [0.15, 0.2) is 0 Å². The van der Waals surface area contributed by atoms with E-state index in [1.165, 1.54) is 6.26 Å². The Bertz CT molecular complexity index is 1140. The molecule has 0 aliphatic carbocycles. The molecule has 31 heavy (non-hydrogen) atoms. The van der Waals surface area contributed by atoms with E-state index in [1.807, 2.05) is 66.4 Å². The fraction of sp³-hybridized carbons (Fsp3) is 0.125. The SMILES string of the molecule is COc1ccc(CC(=O)Nc2ccc(C)c(N(c3ccncc3)c3ncco3)c2)cc1. The molecule has 0 saturated carbocycles. The van der Waals surface area contributed by atoms with Gasteiger partial charge in [-0.05, 0) is 54.4 Å². The molecule has 4 aromatic rings. The average molecular weight is 414 g/mol. The van der Waals surface area contributed by atoms with E-state index in [4.69, 9.17) is 9.15 Å². The van der Waals surface area contributed by atoms with Gasteiger partial charge in [0.05, 0.1) is 31.1 Å². The number of methoxy groups -OCH3 is 1. The molecule has 0 unspecified atom stereocenters. The summed E-state index contributed by atoms with van der Waals surface area (Å²) in [7, 11) is 1.62. The quantitative estimate of drug-likeness (QED) is 0.456. The molecule has 1 amide bonds. The fourth-order valence-corrected chi connectivity index (χ4v) is 3.23. The van der Waals surface area contributed by atoms with E-state index < -0.39 is 0 Å². The zero-order valence-electron chi connectivity index (χ0n) is 17.3. The van der Waals surface area contributed by atoms with E-state index in [1.54, 1.807) is 25.7 Å². The number of aryl methyl sites for hydroxylation is 1. The van der Waals surface area contributed by atoms with Gasteiger partial charge in [0, 0.05) is 18.1 Å². The van der Waals surface area contributed by atoms with E-state index in [9.17, 15) is 4.79 Å². The van der Waals surface area contributed by atoms with E-state index in [-0.39, 0.29) is 12.3 Å². The Balaban J connectivity index is 1.59. The van der Waals surface area contributed by atoms with Gasteiger partial charge in [-0.25, -0.2) is 4.98 Å². The predicted octanol–water partition coefficient (Wildman–Crippen LogP) is 5.04. The largest absolute Gasteiger partial charge is 0.497 e. The Morgan fingerprint density at radius 1 is 1.06 bits per heavy atom. The van der Waals surface area contributed by atoms with Gasteiger partial charge in [-0.2, -0.15) is 0 Å². The molecular formula is C24H22N4O3. The summed E-state index contributed by atoms with van der Waals surface area (Å²) in [5, 5.41) is 2.98. The summed E-state index contributed by atoms with van der Waals surface area (Å²) in [6.45, 7) is 2.00. The number of benzene rings is 2. The molecule has 0 radical (unpaired) electrons. The van der Waals surface area contributed by atoms with Crippen molar-refractivity contribution in [3.8, 4) is 5.75 Å². The lowest BCUT2D eigenvalue weighted by molar-refractivity contribution is -0.115. The van der Waals surface area contributed by atoms with Crippen LogP contribution in [0.3, 0.4) is 0 Å². The molecule has 156 valence electrons. The molecule has 0 bridgehead atoms. The Morgan fingerprint density at radius 2 is 1.84 bits per heavy atom. The van der Waals surface area contributed by atoms with Gasteiger partial charge in [0.1, 0.15) is 12.0 Å². The fourth-order valence-electron chi connectivity index (χ4n) is 3.23. The summed E-state index contributed by atoms with van der Waals surface area (Å²) >= 11 is 0. The molecule has 7 nitrogen and oxygen atoms in total. The van der Waals surface area contributed by atoms with Crippen LogP contribution in [0, 0.1) is 6.92 Å². The van der Waals surface area contributed by atoms with Crippen molar-refractivity contribution >= 4 is 29.0 Å². The molecule has 1 N–H and O–H groups in total. The maximum Gasteiger partial charge on any atom is 0.306 e. The highest BCUT2D eigenvalue weighted by atomic mass is 16.5. The van der Waals surface area contributed by atoms with E-state index >= 15 is 0 Å². The number of nitrogens with zero attached hydrogens (tertiary/aromatic N) is 3. The number of rotatable bonds is 7. The van der Waals surface area contributed by atoms with Crippen molar-refractivity contribution in [1.82, 2.24) is 9.97 Å². The van der Waals surface area contributed by atoms with Crippen LogP contribution in [0.5, 0.6) is 5.75 Å². The molecule has 2 aromatic carbocycles. The summed E-state index contributed by atoms with van der Waals surface area (Å²) in [6, 6.07) is 17.4. The van der Waals surface area contributed by atoms with Gasteiger partial charge < -0.3 is 14.5 Å². The first-order valence-corrected chi connectivity index (χ1v) is 9.77. The molecule has 4 rings (SSSR count). The van der Waals surface area contributed by atoms with E-state index in [0.717, 1.165) is 28.3 Å². The Labute approximate surface area is 180 Å². The van der Waals surface area contributed by atoms with Crippen LogP contribution in [0.25, 0.3) is 0 Å². The number of ether oxygens (including phenoxy) is 1. The van der Waals surface area contributed by atoms with Crippen LogP contribution in [0.15, 0.2) is 83.9 Å². The number of pyridine rings is 1. The van der Waals surface area contributed by atoms with Crippen molar-refractivity contribution in [3.63, 3.8) is 0 Å². The summed E-state index contributed by atoms with van der Waals surface area (Å²) in [5.74, 6) is 0.654. The lowest BCUT2D eigenvalue weighted by Crippen LogP contribution is -2.16. The molecule has 0 saturated heterocycles. The zero-order valence-corrected chi connectivity index (χ0v) is 17.3. The van der Waals surface area contributed by atoms with Crippen LogP contribution < -0.4 is 15.0 Å². The molecule has 7 heteroatoms. The summed E-state index contributed by atoms with van der Waals surface area (Å²) in [5.41, 5.74) is 4.29. The third kappa shape index (κ3) is 4.72. The Kier molecular flexibility index (Phi) is 5.93. The number of hydrogen-bond acceptors (Lipinski definition) is 6. The maximum absolute atomic E-state index is 12.6. The third-order valence-electron chi connectivity index (χ3n) is 4.79. The maximum atomic E-state index is 12.6. The van der Waals surface area contributed by atoms with Crippen LogP contribution in [-0.4, -0.2) is 23.0 Å². The summed E-state index contributed by atoms with van der Waals surface area (Å²) < 4.78 is 10.7. The number of nitrogens with one attached hydrogen (secondary N) is 1. The van der Waals surface area contributed by atoms with E-state index in [2.05, 4.69) is 15.3 Å². The standard InChI is InChI=1S/C24H22N4O3/c1-17-3-6-19(27-23(29)15-18-4-7-21(30-2)8-5-18)16-22(17)28(24-26-13-14-31-24)20-9-11-25-12-10-20/h3-14,16H,15H2,1-2H3,(H,27,29). The molecule has 0 aliphatic heterocycles. The molecule has 0 aliphatic rings. The van der Waals surface area contributed by atoms with Gasteiger partial charge in [-0.15, -0.1) is 0 Å². The monoisotopic (exact) mass is 414 g/mol. The molecule has 0 atom stereocenters. The molecule has 0 fully saturated rings. The minimum atomic E-state index is -0.105. The normalized spacial score (nSPS) is 10.5. The zero-order chi connectivity index (χ0) is 21.6. The van der Waals surface area contributed by atoms with Crippen LogP contribution >= 0.6 is 0 Å². The number of anilines is 4. The van der Waals surface area contributed by atoms with Crippen molar-refractivity contribution in [2.24, 2.45) is 0 Å². The van der Waals surface area contributed by atoms with Gasteiger partial charge in [0.2, 0.25) is 5.91 Å². The van der Waals surface area contributed by atoms with Gasteiger partial charge in [-0.1, -0.05) is 18.2 Å². The predicted molar refractivity (Wildman–Crippen MR) is 119 cm³/mol.